The molecular formula is C21H21NO2. The molecule has 1 heterocycles. The van der Waals surface area contributed by atoms with E-state index in [1.54, 1.807) is 6.08 Å². The van der Waals surface area contributed by atoms with Gasteiger partial charge in [0.15, 0.2) is 0 Å². The zero-order valence-corrected chi connectivity index (χ0v) is 14.2. The molecule has 0 bridgehead atoms. The Balaban J connectivity index is 1.67. The highest BCUT2D eigenvalue weighted by Gasteiger charge is 2.03. The van der Waals surface area contributed by atoms with E-state index in [2.05, 4.69) is 19.2 Å². The molecule has 0 radical (unpaired) electrons. The maximum atomic E-state index is 12.0. The predicted molar refractivity (Wildman–Crippen MR) is 99.1 cm³/mol. The number of hydrogen-bond acceptors (Lipinski definition) is 2. The van der Waals surface area contributed by atoms with Gasteiger partial charge in [0.1, 0.15) is 11.3 Å². The van der Waals surface area contributed by atoms with Crippen LogP contribution in [0.4, 0.5) is 5.69 Å². The second-order valence-electron chi connectivity index (χ2n) is 6.29. The molecule has 0 saturated carbocycles. The van der Waals surface area contributed by atoms with Gasteiger partial charge in [-0.05, 0) is 54.3 Å². The third-order valence-electron chi connectivity index (χ3n) is 3.94. The van der Waals surface area contributed by atoms with Crippen molar-refractivity contribution in [2.45, 2.75) is 26.7 Å². The maximum Gasteiger partial charge on any atom is 0.248 e. The number of anilines is 1. The molecule has 0 aliphatic rings. The van der Waals surface area contributed by atoms with Crippen molar-refractivity contribution >= 4 is 28.6 Å². The lowest BCUT2D eigenvalue weighted by Crippen LogP contribution is -2.07. The highest BCUT2D eigenvalue weighted by atomic mass is 16.3. The number of carbonyl (C=O) groups is 1. The minimum atomic E-state index is -0.177. The van der Waals surface area contributed by atoms with Crippen LogP contribution >= 0.6 is 0 Å². The third kappa shape index (κ3) is 3.74. The minimum Gasteiger partial charge on any atom is -0.457 e. The van der Waals surface area contributed by atoms with E-state index in [0.717, 1.165) is 22.2 Å². The Morgan fingerprint density at radius 3 is 2.54 bits per heavy atom. The van der Waals surface area contributed by atoms with Gasteiger partial charge in [-0.15, -0.1) is 0 Å². The molecule has 0 fully saturated rings. The summed E-state index contributed by atoms with van der Waals surface area (Å²) in [6, 6.07) is 15.9. The number of furan rings is 1. The van der Waals surface area contributed by atoms with Gasteiger partial charge in [0.05, 0.1) is 0 Å². The molecule has 3 heteroatoms. The summed E-state index contributed by atoms with van der Waals surface area (Å²) in [5.41, 5.74) is 4.02. The van der Waals surface area contributed by atoms with Gasteiger partial charge in [-0.2, -0.15) is 0 Å². The number of aryl methyl sites for hydroxylation is 1. The van der Waals surface area contributed by atoms with Crippen LogP contribution in [-0.4, -0.2) is 5.91 Å². The van der Waals surface area contributed by atoms with Crippen molar-refractivity contribution in [3.8, 4) is 0 Å². The number of hydrogen-bond donors (Lipinski definition) is 1. The van der Waals surface area contributed by atoms with Crippen molar-refractivity contribution in [2.75, 3.05) is 5.32 Å². The Hall–Kier alpha value is -2.81. The van der Waals surface area contributed by atoms with Crippen LogP contribution in [0.2, 0.25) is 0 Å². The molecule has 0 aliphatic heterocycles. The largest absolute Gasteiger partial charge is 0.457 e. The lowest BCUT2D eigenvalue weighted by Gasteiger charge is -2.07. The van der Waals surface area contributed by atoms with Crippen molar-refractivity contribution in [2.24, 2.45) is 0 Å². The van der Waals surface area contributed by atoms with Crippen LogP contribution in [0.25, 0.3) is 17.0 Å². The van der Waals surface area contributed by atoms with Gasteiger partial charge in [0.25, 0.3) is 0 Å². The lowest BCUT2D eigenvalue weighted by atomic mass is 10.0. The van der Waals surface area contributed by atoms with Crippen molar-refractivity contribution in [1.29, 1.82) is 0 Å². The topological polar surface area (TPSA) is 42.2 Å². The van der Waals surface area contributed by atoms with Crippen LogP contribution in [0.1, 0.15) is 36.7 Å². The Morgan fingerprint density at radius 2 is 1.83 bits per heavy atom. The normalized spacial score (nSPS) is 11.5. The van der Waals surface area contributed by atoms with Gasteiger partial charge >= 0.3 is 0 Å². The molecule has 1 N–H and O–H groups in total. The smallest absolute Gasteiger partial charge is 0.248 e. The Labute approximate surface area is 142 Å². The predicted octanol–water partition coefficient (Wildman–Crippen LogP) is 5.52. The first-order chi connectivity index (χ1) is 11.5. The summed E-state index contributed by atoms with van der Waals surface area (Å²) in [7, 11) is 0. The summed E-state index contributed by atoms with van der Waals surface area (Å²) in [6.07, 6.45) is 3.17. The number of nitrogens with one attached hydrogen (secondary N) is 1. The van der Waals surface area contributed by atoms with Crippen molar-refractivity contribution < 1.29 is 9.21 Å². The Morgan fingerprint density at radius 1 is 1.08 bits per heavy atom. The quantitative estimate of drug-likeness (QED) is 0.644. The first-order valence-corrected chi connectivity index (χ1v) is 8.10. The molecule has 3 rings (SSSR count). The van der Waals surface area contributed by atoms with Gasteiger partial charge in [-0.25, -0.2) is 0 Å². The van der Waals surface area contributed by atoms with Crippen molar-refractivity contribution in [1.82, 2.24) is 0 Å². The van der Waals surface area contributed by atoms with Gasteiger partial charge < -0.3 is 9.73 Å². The van der Waals surface area contributed by atoms with E-state index in [0.29, 0.717) is 11.7 Å². The minimum absolute atomic E-state index is 0.177. The molecule has 0 atom stereocenters. The van der Waals surface area contributed by atoms with Crippen LogP contribution < -0.4 is 5.32 Å². The molecule has 1 aromatic heterocycles. The molecule has 122 valence electrons. The standard InChI is InChI=1S/C21H21NO2/c1-14(2)16-6-8-18(9-7-16)22-21(23)11-10-19-13-17-5-4-15(3)12-20(17)24-19/h4-14H,1-3H3,(H,22,23). The van der Waals surface area contributed by atoms with Crippen LogP contribution in [0.5, 0.6) is 0 Å². The van der Waals surface area contributed by atoms with E-state index < -0.39 is 0 Å². The molecule has 1 amide bonds. The summed E-state index contributed by atoms with van der Waals surface area (Å²) in [5.74, 6) is 0.969. The van der Waals surface area contributed by atoms with E-state index in [4.69, 9.17) is 4.42 Å². The number of rotatable bonds is 4. The monoisotopic (exact) mass is 319 g/mol. The molecule has 0 aliphatic carbocycles. The van der Waals surface area contributed by atoms with E-state index in [1.165, 1.54) is 11.6 Å². The Kier molecular flexibility index (Phi) is 4.52. The zero-order valence-electron chi connectivity index (χ0n) is 14.2. The summed E-state index contributed by atoms with van der Waals surface area (Å²) in [5, 5.41) is 3.89. The summed E-state index contributed by atoms with van der Waals surface area (Å²) >= 11 is 0. The van der Waals surface area contributed by atoms with E-state index in [1.807, 2.05) is 55.5 Å². The molecule has 0 spiro atoms. The molecule has 3 nitrogen and oxygen atoms in total. The maximum absolute atomic E-state index is 12.0. The fourth-order valence-electron chi connectivity index (χ4n) is 2.53. The molecule has 2 aromatic carbocycles. The van der Waals surface area contributed by atoms with Crippen molar-refractivity contribution in [3.05, 3.63) is 71.5 Å². The van der Waals surface area contributed by atoms with E-state index in [9.17, 15) is 4.79 Å². The second-order valence-corrected chi connectivity index (χ2v) is 6.29. The zero-order chi connectivity index (χ0) is 17.1. The fraction of sp³-hybridized carbons (Fsp3) is 0.190. The summed E-state index contributed by atoms with van der Waals surface area (Å²) in [4.78, 5) is 12.0. The number of carbonyl (C=O) groups excluding carboxylic acids is 1. The first-order valence-electron chi connectivity index (χ1n) is 8.10. The Bertz CT molecular complexity index is 886. The number of benzene rings is 2. The lowest BCUT2D eigenvalue weighted by molar-refractivity contribution is -0.111. The molecule has 24 heavy (non-hydrogen) atoms. The third-order valence-corrected chi connectivity index (χ3v) is 3.94. The second kappa shape index (κ2) is 6.75. The number of fused-ring (bicyclic) bond motifs is 1. The van der Waals surface area contributed by atoms with Crippen LogP contribution in [-0.2, 0) is 4.79 Å². The van der Waals surface area contributed by atoms with Crippen molar-refractivity contribution in [3.63, 3.8) is 0 Å². The summed E-state index contributed by atoms with van der Waals surface area (Å²) in [6.45, 7) is 6.31. The highest BCUT2D eigenvalue weighted by Crippen LogP contribution is 2.21. The highest BCUT2D eigenvalue weighted by molar-refractivity contribution is 6.02. The molecule has 0 saturated heterocycles. The van der Waals surface area contributed by atoms with E-state index in [-0.39, 0.29) is 5.91 Å². The SMILES string of the molecule is Cc1ccc2cc(C=CC(=O)Nc3ccc(C(C)C)cc3)oc2c1. The average Bonchev–Trinajstić information content (AvgIpc) is 2.95. The molecule has 3 aromatic rings. The van der Waals surface area contributed by atoms with Crippen LogP contribution in [0.3, 0.4) is 0 Å². The number of amides is 1. The average molecular weight is 319 g/mol. The van der Waals surface area contributed by atoms with Gasteiger partial charge in [-0.1, -0.05) is 38.1 Å². The van der Waals surface area contributed by atoms with Crippen LogP contribution in [0, 0.1) is 6.92 Å². The van der Waals surface area contributed by atoms with Gasteiger partial charge in [0.2, 0.25) is 5.91 Å². The fourth-order valence-corrected chi connectivity index (χ4v) is 2.53. The van der Waals surface area contributed by atoms with E-state index >= 15 is 0 Å². The first kappa shape index (κ1) is 16.1. The molecular weight excluding hydrogens is 298 g/mol. The van der Waals surface area contributed by atoms with Gasteiger partial charge in [-0.3, -0.25) is 4.79 Å². The van der Waals surface area contributed by atoms with Gasteiger partial charge in [0, 0.05) is 17.1 Å². The summed E-state index contributed by atoms with van der Waals surface area (Å²) < 4.78 is 5.72. The molecule has 0 unspecified atom stereocenters. The van der Waals surface area contributed by atoms with Crippen LogP contribution in [0.15, 0.2) is 59.0 Å².